The first kappa shape index (κ1) is 17.9. The summed E-state index contributed by atoms with van der Waals surface area (Å²) in [6.45, 7) is 2.28. The first-order valence-corrected chi connectivity index (χ1v) is 8.80. The molecule has 2 aromatic rings. The number of hydrogen-bond acceptors (Lipinski definition) is 6. The van der Waals surface area contributed by atoms with Gasteiger partial charge in [0.05, 0.1) is 18.6 Å². The van der Waals surface area contributed by atoms with Crippen LogP contribution < -0.4 is 14.8 Å². The number of aliphatic imine (C=N–C) groups is 1. The van der Waals surface area contributed by atoms with Gasteiger partial charge in [0, 0.05) is 0 Å². The number of phenolic OH excluding ortho intramolecular Hbond substituents is 1. The lowest BCUT2D eigenvalue weighted by Crippen LogP contribution is -2.19. The molecule has 1 aliphatic rings. The van der Waals surface area contributed by atoms with E-state index in [1.165, 1.54) is 11.8 Å². The summed E-state index contributed by atoms with van der Waals surface area (Å²) in [5.41, 5.74) is 1.39. The normalized spacial score (nSPS) is 16.8. The molecule has 1 saturated heterocycles. The number of rotatable bonds is 5. The molecule has 1 amide bonds. The molecule has 6 nitrogen and oxygen atoms in total. The van der Waals surface area contributed by atoms with Crippen LogP contribution in [-0.2, 0) is 4.79 Å². The molecular formula is C19H18N2O4S. The highest BCUT2D eigenvalue weighted by Crippen LogP contribution is 2.33. The highest BCUT2D eigenvalue weighted by atomic mass is 32.2. The molecule has 2 N–H and O–H groups in total. The van der Waals surface area contributed by atoms with Crippen LogP contribution in [0.25, 0.3) is 6.08 Å². The zero-order valence-electron chi connectivity index (χ0n) is 14.4. The maximum atomic E-state index is 12.2. The molecule has 134 valence electrons. The number of thioether (sulfide) groups is 1. The number of amides is 1. The maximum Gasteiger partial charge on any atom is 0.264 e. The van der Waals surface area contributed by atoms with E-state index in [4.69, 9.17) is 9.47 Å². The molecule has 0 unspecified atom stereocenters. The quantitative estimate of drug-likeness (QED) is 0.785. The molecule has 1 heterocycles. The van der Waals surface area contributed by atoms with Gasteiger partial charge in [-0.3, -0.25) is 4.79 Å². The highest BCUT2D eigenvalue weighted by molar-refractivity contribution is 8.18. The van der Waals surface area contributed by atoms with E-state index in [1.54, 1.807) is 31.4 Å². The van der Waals surface area contributed by atoms with Crippen molar-refractivity contribution in [2.75, 3.05) is 13.7 Å². The van der Waals surface area contributed by atoms with Crippen LogP contribution >= 0.6 is 11.8 Å². The Balaban J connectivity index is 1.85. The molecule has 2 aromatic carbocycles. The first-order chi connectivity index (χ1) is 12.6. The van der Waals surface area contributed by atoms with Crippen LogP contribution in [0.2, 0.25) is 0 Å². The molecule has 26 heavy (non-hydrogen) atoms. The lowest BCUT2D eigenvalue weighted by Gasteiger charge is -2.06. The Kier molecular flexibility index (Phi) is 5.48. The number of nitrogens with zero attached hydrogens (tertiary/aromatic N) is 1. The Bertz CT molecular complexity index is 893. The van der Waals surface area contributed by atoms with E-state index in [-0.39, 0.29) is 11.7 Å². The molecule has 0 aromatic heterocycles. The van der Waals surface area contributed by atoms with E-state index < -0.39 is 0 Å². The summed E-state index contributed by atoms with van der Waals surface area (Å²) in [7, 11) is 1.57. The molecular weight excluding hydrogens is 352 g/mol. The minimum absolute atomic E-state index is 0.0657. The first-order valence-electron chi connectivity index (χ1n) is 7.99. The summed E-state index contributed by atoms with van der Waals surface area (Å²) in [5.74, 6) is 0.853. The van der Waals surface area contributed by atoms with Gasteiger partial charge in [0.15, 0.2) is 16.7 Å². The smallest absolute Gasteiger partial charge is 0.264 e. The fraction of sp³-hybridized carbons (Fsp3) is 0.158. The molecule has 0 radical (unpaired) electrons. The number of amidine groups is 1. The number of aromatic hydroxyl groups is 1. The second kappa shape index (κ2) is 7.97. The van der Waals surface area contributed by atoms with Crippen molar-refractivity contribution in [1.29, 1.82) is 0 Å². The molecule has 1 aliphatic heterocycles. The van der Waals surface area contributed by atoms with Crippen molar-refractivity contribution in [1.82, 2.24) is 5.32 Å². The van der Waals surface area contributed by atoms with E-state index in [2.05, 4.69) is 10.3 Å². The zero-order chi connectivity index (χ0) is 18.5. The van der Waals surface area contributed by atoms with Gasteiger partial charge in [-0.25, -0.2) is 4.99 Å². The van der Waals surface area contributed by atoms with Crippen LogP contribution in [0.3, 0.4) is 0 Å². The summed E-state index contributed by atoms with van der Waals surface area (Å²) in [4.78, 5) is 17.2. The van der Waals surface area contributed by atoms with E-state index in [1.807, 2.05) is 31.2 Å². The Morgan fingerprint density at radius 1 is 1.23 bits per heavy atom. The standard InChI is InChI=1S/C19H18N2O4S/c1-3-25-16-10-12(8-9-14(16)22)11-17-18(23)21-19(26-17)20-13-6-4-5-7-15(13)24-2/h4-11,22H,3H2,1-2H3,(H,20,21,23). The highest BCUT2D eigenvalue weighted by Gasteiger charge is 2.24. The van der Waals surface area contributed by atoms with E-state index >= 15 is 0 Å². The third-order valence-electron chi connectivity index (χ3n) is 3.54. The summed E-state index contributed by atoms with van der Waals surface area (Å²) in [6, 6.07) is 12.3. The van der Waals surface area contributed by atoms with Crippen LogP contribution in [-0.4, -0.2) is 29.9 Å². The number of para-hydroxylation sites is 2. The van der Waals surface area contributed by atoms with E-state index in [0.717, 1.165) is 5.56 Å². The second-order valence-electron chi connectivity index (χ2n) is 5.31. The number of phenols is 1. The number of hydrogen-bond donors (Lipinski definition) is 2. The number of benzene rings is 2. The predicted octanol–water partition coefficient (Wildman–Crippen LogP) is 3.69. The Labute approximate surface area is 155 Å². The lowest BCUT2D eigenvalue weighted by molar-refractivity contribution is -0.115. The molecule has 7 heteroatoms. The third-order valence-corrected chi connectivity index (χ3v) is 4.45. The van der Waals surface area contributed by atoms with Crippen molar-refractivity contribution < 1.29 is 19.4 Å². The van der Waals surface area contributed by atoms with Gasteiger partial charge in [0.1, 0.15) is 11.4 Å². The van der Waals surface area contributed by atoms with Gasteiger partial charge in [-0.05, 0) is 54.6 Å². The molecule has 0 aliphatic carbocycles. The summed E-state index contributed by atoms with van der Waals surface area (Å²) < 4.78 is 10.6. The predicted molar refractivity (Wildman–Crippen MR) is 103 cm³/mol. The fourth-order valence-corrected chi connectivity index (χ4v) is 3.19. The second-order valence-corrected chi connectivity index (χ2v) is 6.34. The van der Waals surface area contributed by atoms with Crippen molar-refractivity contribution in [2.45, 2.75) is 6.92 Å². The van der Waals surface area contributed by atoms with Crippen LogP contribution in [0.4, 0.5) is 5.69 Å². The van der Waals surface area contributed by atoms with E-state index in [9.17, 15) is 9.90 Å². The average Bonchev–Trinajstić information content (AvgIpc) is 2.97. The number of carbonyl (C=O) groups is 1. The van der Waals surface area contributed by atoms with Gasteiger partial charge in [0.2, 0.25) is 0 Å². The largest absolute Gasteiger partial charge is 0.504 e. The Morgan fingerprint density at radius 3 is 2.81 bits per heavy atom. The summed E-state index contributed by atoms with van der Waals surface area (Å²) >= 11 is 1.24. The minimum atomic E-state index is -0.227. The number of ether oxygens (including phenoxy) is 2. The van der Waals surface area contributed by atoms with Crippen molar-refractivity contribution in [3.8, 4) is 17.2 Å². The zero-order valence-corrected chi connectivity index (χ0v) is 15.2. The molecule has 0 spiro atoms. The Hall–Kier alpha value is -2.93. The van der Waals surface area contributed by atoms with Gasteiger partial charge < -0.3 is 19.9 Å². The van der Waals surface area contributed by atoms with E-state index in [0.29, 0.717) is 33.9 Å². The molecule has 3 rings (SSSR count). The monoisotopic (exact) mass is 370 g/mol. The fourth-order valence-electron chi connectivity index (χ4n) is 2.36. The number of carbonyl (C=O) groups excluding carboxylic acids is 1. The molecule has 0 saturated carbocycles. The minimum Gasteiger partial charge on any atom is -0.504 e. The van der Waals surface area contributed by atoms with Gasteiger partial charge in [-0.2, -0.15) is 0 Å². The molecule has 0 atom stereocenters. The lowest BCUT2D eigenvalue weighted by atomic mass is 10.2. The molecule has 1 fully saturated rings. The van der Waals surface area contributed by atoms with Crippen molar-refractivity contribution in [2.24, 2.45) is 4.99 Å². The van der Waals surface area contributed by atoms with Crippen molar-refractivity contribution >= 4 is 34.6 Å². The SMILES string of the molecule is CCOc1cc(C=C2SC(=Nc3ccccc3OC)NC2=O)ccc1O. The Morgan fingerprint density at radius 2 is 2.04 bits per heavy atom. The summed E-state index contributed by atoms with van der Waals surface area (Å²) in [5, 5.41) is 13.0. The van der Waals surface area contributed by atoms with Crippen LogP contribution in [0.5, 0.6) is 17.2 Å². The van der Waals surface area contributed by atoms with Crippen molar-refractivity contribution in [3.63, 3.8) is 0 Å². The maximum absolute atomic E-state index is 12.2. The topological polar surface area (TPSA) is 80.2 Å². The number of nitrogens with one attached hydrogen (secondary N) is 1. The summed E-state index contributed by atoms with van der Waals surface area (Å²) in [6.07, 6.45) is 1.73. The number of methoxy groups -OCH3 is 1. The van der Waals surface area contributed by atoms with Crippen molar-refractivity contribution in [3.05, 3.63) is 52.9 Å². The van der Waals surface area contributed by atoms with Gasteiger partial charge in [-0.15, -0.1) is 0 Å². The third kappa shape index (κ3) is 4.00. The van der Waals surface area contributed by atoms with Gasteiger partial charge >= 0.3 is 0 Å². The van der Waals surface area contributed by atoms with Crippen LogP contribution in [0.15, 0.2) is 52.4 Å². The van der Waals surface area contributed by atoms with Crippen LogP contribution in [0.1, 0.15) is 12.5 Å². The van der Waals surface area contributed by atoms with Crippen LogP contribution in [0, 0.1) is 0 Å². The molecule has 0 bridgehead atoms. The van der Waals surface area contributed by atoms with Gasteiger partial charge in [0.25, 0.3) is 5.91 Å². The van der Waals surface area contributed by atoms with Gasteiger partial charge in [-0.1, -0.05) is 18.2 Å². The average molecular weight is 370 g/mol.